The van der Waals surface area contributed by atoms with Crippen molar-refractivity contribution in [3.8, 4) is 5.69 Å². The van der Waals surface area contributed by atoms with Crippen LogP contribution in [0.1, 0.15) is 25.5 Å². The van der Waals surface area contributed by atoms with E-state index in [1.807, 2.05) is 6.20 Å². The van der Waals surface area contributed by atoms with Crippen LogP contribution >= 0.6 is 28.1 Å². The van der Waals surface area contributed by atoms with Gasteiger partial charge in [0.2, 0.25) is 0 Å². The van der Waals surface area contributed by atoms with E-state index in [9.17, 15) is 0 Å². The lowest BCUT2D eigenvalue weighted by Crippen LogP contribution is -2.02. The van der Waals surface area contributed by atoms with Gasteiger partial charge in [0.15, 0.2) is 4.77 Å². The number of rotatable bonds is 2. The molecule has 0 saturated heterocycles. The maximum atomic E-state index is 5.47. The maximum absolute atomic E-state index is 5.47. The predicted octanol–water partition coefficient (Wildman–Crippen LogP) is 5.57. The Bertz CT molecular complexity index is 830. The van der Waals surface area contributed by atoms with Crippen molar-refractivity contribution in [2.24, 2.45) is 0 Å². The number of imidazole rings is 1. The first-order valence-corrected chi connectivity index (χ1v) is 7.77. The van der Waals surface area contributed by atoms with Crippen LogP contribution in [0.15, 0.2) is 47.1 Å². The second kappa shape index (κ2) is 5.19. The van der Waals surface area contributed by atoms with E-state index in [1.165, 1.54) is 16.5 Å². The Morgan fingerprint density at radius 3 is 2.50 bits per heavy atom. The van der Waals surface area contributed by atoms with Gasteiger partial charge in [-0.05, 0) is 35.7 Å². The standard InChI is InChI=1S/C16H15BrN2S/c1-10(2)15-9-18-16(20)19(15)14-8-7-13(17)11-5-3-4-6-12(11)14/h3-10H,1-2H3,(H,18,20). The molecule has 1 heterocycles. The van der Waals surface area contributed by atoms with Crippen molar-refractivity contribution in [1.82, 2.24) is 9.55 Å². The van der Waals surface area contributed by atoms with Gasteiger partial charge in [0.25, 0.3) is 0 Å². The highest BCUT2D eigenvalue weighted by Gasteiger charge is 2.13. The van der Waals surface area contributed by atoms with Gasteiger partial charge in [-0.3, -0.25) is 4.57 Å². The number of fused-ring (bicyclic) bond motifs is 1. The third-order valence-electron chi connectivity index (χ3n) is 3.49. The summed E-state index contributed by atoms with van der Waals surface area (Å²) < 4.78 is 3.97. The van der Waals surface area contributed by atoms with Crippen LogP contribution in [0.2, 0.25) is 0 Å². The number of aromatic amines is 1. The SMILES string of the molecule is CC(C)c1c[nH]c(=S)n1-c1ccc(Br)c2ccccc12. The van der Waals surface area contributed by atoms with E-state index in [1.54, 1.807) is 0 Å². The van der Waals surface area contributed by atoms with Crippen LogP contribution in [0.25, 0.3) is 16.5 Å². The van der Waals surface area contributed by atoms with E-state index in [0.717, 1.165) is 14.9 Å². The fraction of sp³-hybridized carbons (Fsp3) is 0.188. The van der Waals surface area contributed by atoms with Crippen molar-refractivity contribution in [3.05, 3.63) is 57.5 Å². The van der Waals surface area contributed by atoms with E-state index in [4.69, 9.17) is 12.2 Å². The third-order valence-corrected chi connectivity index (χ3v) is 4.48. The van der Waals surface area contributed by atoms with Crippen molar-refractivity contribution in [1.29, 1.82) is 0 Å². The fourth-order valence-corrected chi connectivity index (χ4v) is 3.24. The highest BCUT2D eigenvalue weighted by atomic mass is 79.9. The average Bonchev–Trinajstić information content (AvgIpc) is 2.82. The zero-order valence-electron chi connectivity index (χ0n) is 11.4. The summed E-state index contributed by atoms with van der Waals surface area (Å²) in [5.74, 6) is 0.408. The van der Waals surface area contributed by atoms with E-state index in [0.29, 0.717) is 5.92 Å². The van der Waals surface area contributed by atoms with Gasteiger partial charge in [-0.2, -0.15) is 0 Å². The smallest absolute Gasteiger partial charge is 0.182 e. The van der Waals surface area contributed by atoms with Gasteiger partial charge in [-0.15, -0.1) is 0 Å². The number of hydrogen-bond donors (Lipinski definition) is 1. The molecule has 102 valence electrons. The van der Waals surface area contributed by atoms with Gasteiger partial charge in [0, 0.05) is 21.7 Å². The van der Waals surface area contributed by atoms with Crippen LogP contribution in [-0.2, 0) is 0 Å². The number of aromatic nitrogens is 2. The molecule has 0 atom stereocenters. The zero-order valence-corrected chi connectivity index (χ0v) is 13.8. The Morgan fingerprint density at radius 2 is 1.80 bits per heavy atom. The first-order valence-electron chi connectivity index (χ1n) is 6.57. The Hall–Kier alpha value is -1.39. The van der Waals surface area contributed by atoms with Crippen LogP contribution in [0, 0.1) is 4.77 Å². The molecule has 1 aromatic heterocycles. The summed E-state index contributed by atoms with van der Waals surface area (Å²) >= 11 is 9.08. The first-order chi connectivity index (χ1) is 9.59. The van der Waals surface area contributed by atoms with Crippen LogP contribution < -0.4 is 0 Å². The molecule has 3 aromatic rings. The molecule has 0 radical (unpaired) electrons. The van der Waals surface area contributed by atoms with E-state index < -0.39 is 0 Å². The highest BCUT2D eigenvalue weighted by Crippen LogP contribution is 2.31. The number of H-pyrrole nitrogens is 1. The van der Waals surface area contributed by atoms with Crippen molar-refractivity contribution < 1.29 is 0 Å². The van der Waals surface area contributed by atoms with E-state index in [-0.39, 0.29) is 0 Å². The van der Waals surface area contributed by atoms with Crippen molar-refractivity contribution in [2.45, 2.75) is 19.8 Å². The van der Waals surface area contributed by atoms with Crippen molar-refractivity contribution in [3.63, 3.8) is 0 Å². The van der Waals surface area contributed by atoms with Gasteiger partial charge in [0.05, 0.1) is 5.69 Å². The molecule has 0 aliphatic rings. The third kappa shape index (κ3) is 2.13. The van der Waals surface area contributed by atoms with Gasteiger partial charge >= 0.3 is 0 Å². The minimum absolute atomic E-state index is 0.408. The van der Waals surface area contributed by atoms with Crippen LogP contribution in [0.5, 0.6) is 0 Å². The Labute approximate surface area is 131 Å². The first kappa shape index (κ1) is 13.6. The van der Waals surface area contributed by atoms with E-state index in [2.05, 4.69) is 75.7 Å². The molecule has 0 unspecified atom stereocenters. The summed E-state index contributed by atoms with van der Waals surface area (Å²) in [7, 11) is 0. The molecule has 0 aliphatic carbocycles. The number of nitrogens with one attached hydrogen (secondary N) is 1. The summed E-state index contributed by atoms with van der Waals surface area (Å²) in [6, 6.07) is 12.6. The molecular weight excluding hydrogens is 332 g/mol. The molecular formula is C16H15BrN2S. The minimum Gasteiger partial charge on any atom is -0.337 e. The number of hydrogen-bond acceptors (Lipinski definition) is 1. The predicted molar refractivity (Wildman–Crippen MR) is 90.2 cm³/mol. The molecule has 4 heteroatoms. The largest absolute Gasteiger partial charge is 0.337 e. The monoisotopic (exact) mass is 346 g/mol. The lowest BCUT2D eigenvalue weighted by Gasteiger charge is -2.14. The topological polar surface area (TPSA) is 20.7 Å². The zero-order chi connectivity index (χ0) is 14.3. The fourth-order valence-electron chi connectivity index (χ4n) is 2.50. The summed E-state index contributed by atoms with van der Waals surface area (Å²) in [5.41, 5.74) is 2.32. The molecule has 0 amide bonds. The quantitative estimate of drug-likeness (QED) is 0.601. The molecule has 0 aliphatic heterocycles. The second-order valence-corrected chi connectivity index (χ2v) is 6.36. The lowest BCUT2D eigenvalue weighted by atomic mass is 10.1. The Balaban J connectivity index is 2.39. The van der Waals surface area contributed by atoms with Crippen molar-refractivity contribution >= 4 is 38.9 Å². The molecule has 1 N–H and O–H groups in total. The van der Waals surface area contributed by atoms with Crippen molar-refractivity contribution in [2.75, 3.05) is 0 Å². The van der Waals surface area contributed by atoms with Gasteiger partial charge in [0.1, 0.15) is 0 Å². The molecule has 2 aromatic carbocycles. The van der Waals surface area contributed by atoms with Crippen LogP contribution in [0.3, 0.4) is 0 Å². The second-order valence-electron chi connectivity index (χ2n) is 5.12. The summed E-state index contributed by atoms with van der Waals surface area (Å²) in [4.78, 5) is 3.16. The average molecular weight is 347 g/mol. The van der Waals surface area contributed by atoms with Gasteiger partial charge in [-0.1, -0.05) is 54.0 Å². The molecule has 20 heavy (non-hydrogen) atoms. The summed E-state index contributed by atoms with van der Waals surface area (Å²) in [5, 5.41) is 2.39. The van der Waals surface area contributed by atoms with Crippen LogP contribution in [-0.4, -0.2) is 9.55 Å². The normalized spacial score (nSPS) is 11.4. The molecule has 2 nitrogen and oxygen atoms in total. The Morgan fingerprint density at radius 1 is 1.10 bits per heavy atom. The number of halogens is 1. The van der Waals surface area contributed by atoms with Gasteiger partial charge in [-0.25, -0.2) is 0 Å². The lowest BCUT2D eigenvalue weighted by molar-refractivity contribution is 0.785. The summed E-state index contributed by atoms with van der Waals surface area (Å²) in [6.07, 6.45) is 2.00. The highest BCUT2D eigenvalue weighted by molar-refractivity contribution is 9.10. The van der Waals surface area contributed by atoms with Gasteiger partial charge < -0.3 is 4.98 Å². The summed E-state index contributed by atoms with van der Waals surface area (Å²) in [6.45, 7) is 4.35. The van der Waals surface area contributed by atoms with E-state index >= 15 is 0 Å². The van der Waals surface area contributed by atoms with Crippen LogP contribution in [0.4, 0.5) is 0 Å². The molecule has 0 spiro atoms. The molecule has 0 fully saturated rings. The molecule has 3 rings (SSSR count). The molecule has 0 saturated carbocycles. The maximum Gasteiger partial charge on any atom is 0.182 e. The minimum atomic E-state index is 0.408. The Kier molecular flexibility index (Phi) is 3.52. The molecule has 0 bridgehead atoms. The number of benzene rings is 2. The number of nitrogens with zero attached hydrogens (tertiary/aromatic N) is 1.